The summed E-state index contributed by atoms with van der Waals surface area (Å²) < 4.78 is 106. The average molecular weight is 494 g/mol. The van der Waals surface area contributed by atoms with Crippen molar-refractivity contribution in [2.75, 3.05) is 20.1 Å². The molecule has 1 amide bonds. The van der Waals surface area contributed by atoms with Crippen LogP contribution in [-0.2, 0) is 4.79 Å². The number of aromatic amines is 1. The van der Waals surface area contributed by atoms with Gasteiger partial charge in [0.2, 0.25) is 0 Å². The van der Waals surface area contributed by atoms with Gasteiger partial charge in [-0.25, -0.2) is 19.5 Å². The molecule has 4 heterocycles. The number of piperidine rings is 1. The van der Waals surface area contributed by atoms with Crippen LogP contribution in [0.3, 0.4) is 0 Å². The Morgan fingerprint density at radius 3 is 2.69 bits per heavy atom. The lowest BCUT2D eigenvalue weighted by atomic mass is 9.97. The standard InChI is InChI=1S/C26H23N7O3/c1-16-30-15-33(31-16)25-23-21(20(36-3)14-29-25)19(13-28-23)24(34)26(35)32-11-9-18(10-12-32)22(27-2)17-7-5-4-6-8-17/h4-8,13-15,28H,9-12H2,1,3H3/i1D3,9D2,10D2,11D2,12D2,15D. The molecule has 1 N–H and O–H groups in total. The van der Waals surface area contributed by atoms with Crippen molar-refractivity contribution in [2.24, 2.45) is 0 Å². The van der Waals surface area contributed by atoms with Gasteiger partial charge in [0.05, 0.1) is 36.3 Å². The molecule has 5 rings (SSSR count). The fraction of sp³-hybridized carbons (Fsp3) is 0.231. The number of methoxy groups -OCH3 is 1. The van der Waals surface area contributed by atoms with Crippen LogP contribution in [0.25, 0.3) is 27.3 Å². The molecule has 36 heavy (non-hydrogen) atoms. The number of H-pyrrole nitrogens is 1. The Morgan fingerprint density at radius 2 is 2.03 bits per heavy atom. The smallest absolute Gasteiger partial charge is 0.295 e. The number of amides is 1. The minimum Gasteiger partial charge on any atom is -0.494 e. The molecule has 0 unspecified atom stereocenters. The van der Waals surface area contributed by atoms with E-state index in [9.17, 15) is 9.59 Å². The monoisotopic (exact) mass is 493 g/mol. The second kappa shape index (κ2) is 9.46. The molecule has 0 radical (unpaired) electrons. The van der Waals surface area contributed by atoms with Crippen molar-refractivity contribution < 1.29 is 30.8 Å². The number of pyridine rings is 1. The number of ether oxygens (including phenoxy) is 1. The molecular weight excluding hydrogens is 458 g/mol. The molecule has 10 nitrogen and oxygen atoms in total. The Bertz CT molecular complexity index is 2020. The number of nitrogens with zero attached hydrogens (tertiary/aromatic N) is 6. The molecule has 0 bridgehead atoms. The fourth-order valence-corrected chi connectivity index (χ4v) is 3.51. The maximum Gasteiger partial charge on any atom is 0.295 e. The summed E-state index contributed by atoms with van der Waals surface area (Å²) in [5.41, 5.74) is -2.63. The van der Waals surface area contributed by atoms with E-state index in [4.69, 9.17) is 27.8 Å². The number of fused-ring (bicyclic) bond motifs is 1. The maximum atomic E-state index is 13.9. The van der Waals surface area contributed by atoms with Crippen LogP contribution in [0.15, 0.2) is 54.6 Å². The Balaban J connectivity index is 1.67. The first-order valence-corrected chi connectivity index (χ1v) is 10.2. The third-order valence-electron chi connectivity index (χ3n) is 5.14. The van der Waals surface area contributed by atoms with Crippen LogP contribution in [0, 0.1) is 13.4 Å². The lowest BCUT2D eigenvalue weighted by Crippen LogP contribution is -2.40. The van der Waals surface area contributed by atoms with Gasteiger partial charge in [0.25, 0.3) is 11.7 Å². The van der Waals surface area contributed by atoms with Crippen molar-refractivity contribution in [1.82, 2.24) is 29.6 Å². The van der Waals surface area contributed by atoms with Crippen molar-refractivity contribution >= 4 is 28.3 Å². The van der Waals surface area contributed by atoms with E-state index in [0.29, 0.717) is 0 Å². The van der Waals surface area contributed by atoms with E-state index >= 15 is 0 Å². The second-order valence-corrected chi connectivity index (χ2v) is 7.19. The predicted octanol–water partition coefficient (Wildman–Crippen LogP) is 3.60. The van der Waals surface area contributed by atoms with E-state index in [2.05, 4.69) is 24.9 Å². The number of aryl methyl sites for hydroxylation is 1. The summed E-state index contributed by atoms with van der Waals surface area (Å²) in [6.45, 7) is -2.61. The van der Waals surface area contributed by atoms with Crippen molar-refractivity contribution in [3.63, 3.8) is 0 Å². The van der Waals surface area contributed by atoms with E-state index in [-0.39, 0.29) is 28.0 Å². The number of hydrogen-bond donors (Lipinski definition) is 1. The first-order chi connectivity index (χ1) is 22.2. The van der Waals surface area contributed by atoms with Crippen LogP contribution >= 0.6 is 0 Å². The Kier molecular flexibility index (Phi) is 3.36. The molecule has 0 atom stereocenters. The highest BCUT2D eigenvalue weighted by Crippen LogP contribution is 2.33. The molecule has 4 aromatic rings. The molecule has 1 aliphatic rings. The number of Topliss-reactive ketones (excluding diaryl/α,β-unsaturated/α-hetero) is 1. The Morgan fingerprint density at radius 1 is 1.25 bits per heavy atom. The highest BCUT2D eigenvalue weighted by molar-refractivity contribution is 6.45. The summed E-state index contributed by atoms with van der Waals surface area (Å²) in [5, 5.41) is 3.59. The molecule has 1 aliphatic heterocycles. The van der Waals surface area contributed by atoms with Gasteiger partial charge < -0.3 is 14.6 Å². The molecule has 1 fully saturated rings. The first kappa shape index (κ1) is 12.8. The largest absolute Gasteiger partial charge is 0.494 e. The van der Waals surface area contributed by atoms with E-state index in [1.54, 1.807) is 6.07 Å². The van der Waals surface area contributed by atoms with Crippen molar-refractivity contribution in [3.05, 3.63) is 83.0 Å². The molecule has 3 aromatic heterocycles. The number of carbonyl (C=O) groups excluding carboxylic acids is 2. The number of carbonyl (C=O) groups is 2. The third kappa shape index (κ3) is 4.01. The van der Waals surface area contributed by atoms with Crippen molar-refractivity contribution in [3.8, 4) is 11.6 Å². The molecule has 1 saturated heterocycles. The van der Waals surface area contributed by atoms with Crippen LogP contribution in [-0.4, -0.2) is 61.4 Å². The minimum absolute atomic E-state index is 0.0257. The summed E-state index contributed by atoms with van der Waals surface area (Å²) in [5.74, 6) is -4.70. The molecule has 0 spiro atoms. The fourth-order valence-electron chi connectivity index (χ4n) is 3.51. The summed E-state index contributed by atoms with van der Waals surface area (Å²) in [4.78, 5) is 40.9. The quantitative estimate of drug-likeness (QED) is 0.258. The summed E-state index contributed by atoms with van der Waals surface area (Å²) in [6.07, 6.45) is -5.77. The summed E-state index contributed by atoms with van der Waals surface area (Å²) >= 11 is 0. The number of benzene rings is 1. The van der Waals surface area contributed by atoms with Gasteiger partial charge in [-0.15, -0.1) is 0 Å². The molecule has 1 aromatic carbocycles. The van der Waals surface area contributed by atoms with E-state index in [1.807, 2.05) is 0 Å². The van der Waals surface area contributed by atoms with Crippen LogP contribution in [0.5, 0.6) is 5.75 Å². The SMILES string of the molecule is [2H]c1nc(C([2H])([2H])[2H])nn1-c1ncc(OC)c2c(C(=O)C(=O)N3C([2H])([2H])C([2H])([2H])C(=C([N+]#[C-])c4ccccc4)C([2H])([2H])C3([2H])[2H])c[nH]c12. The maximum absolute atomic E-state index is 13.9. The van der Waals surface area contributed by atoms with Gasteiger partial charge in [0, 0.05) is 34.3 Å². The van der Waals surface area contributed by atoms with Gasteiger partial charge in [-0.05, 0) is 25.2 Å². The topological polar surface area (TPSA) is 110 Å². The van der Waals surface area contributed by atoms with Crippen LogP contribution in [0.1, 0.15) is 50.9 Å². The lowest BCUT2D eigenvalue weighted by Gasteiger charge is -2.28. The van der Waals surface area contributed by atoms with E-state index in [0.717, 1.165) is 17.1 Å². The number of nitrogens with one attached hydrogen (secondary N) is 1. The van der Waals surface area contributed by atoms with Gasteiger partial charge >= 0.3 is 0 Å². The molecular formula is C26H23N7O3. The van der Waals surface area contributed by atoms with Gasteiger partial charge in [0.15, 0.2) is 11.5 Å². The minimum atomic E-state index is -3.75. The molecule has 180 valence electrons. The number of rotatable bonds is 5. The molecule has 0 aliphatic carbocycles. The zero-order valence-electron chi connectivity index (χ0n) is 30.4. The van der Waals surface area contributed by atoms with Crippen LogP contribution < -0.4 is 4.74 Å². The predicted molar refractivity (Wildman–Crippen MR) is 132 cm³/mol. The number of hydrogen-bond acceptors (Lipinski definition) is 6. The van der Waals surface area contributed by atoms with Gasteiger partial charge in [-0.2, -0.15) is 5.10 Å². The number of aromatic nitrogens is 5. The Labute approximate surface area is 223 Å². The van der Waals surface area contributed by atoms with Crippen molar-refractivity contribution in [1.29, 1.82) is 0 Å². The first-order valence-electron chi connectivity index (χ1n) is 16.2. The zero-order chi connectivity index (χ0) is 35.8. The van der Waals surface area contributed by atoms with Crippen LogP contribution in [0.4, 0.5) is 0 Å². The highest BCUT2D eigenvalue weighted by atomic mass is 16.5. The van der Waals surface area contributed by atoms with Gasteiger partial charge in [-0.3, -0.25) is 9.59 Å². The van der Waals surface area contributed by atoms with Gasteiger partial charge in [-0.1, -0.05) is 35.9 Å². The van der Waals surface area contributed by atoms with Crippen LogP contribution in [0.2, 0.25) is 0 Å². The third-order valence-corrected chi connectivity index (χ3v) is 5.14. The number of ketones is 1. The number of likely N-dealkylation sites (tertiary alicyclic amines) is 1. The average Bonchev–Trinajstić information content (AvgIpc) is 3.62. The van der Waals surface area contributed by atoms with Crippen molar-refractivity contribution in [2.45, 2.75) is 19.6 Å². The van der Waals surface area contributed by atoms with Gasteiger partial charge in [0.1, 0.15) is 19.2 Å². The normalized spacial score (nSPS) is 24.3. The van der Waals surface area contributed by atoms with E-state index in [1.165, 1.54) is 31.4 Å². The van der Waals surface area contributed by atoms with E-state index < -0.39 is 78.1 Å². The summed E-state index contributed by atoms with van der Waals surface area (Å²) in [7, 11) is 1.18. The lowest BCUT2D eigenvalue weighted by molar-refractivity contribution is -0.126. The second-order valence-electron chi connectivity index (χ2n) is 7.19. The molecule has 0 saturated carbocycles. The highest BCUT2D eigenvalue weighted by Gasteiger charge is 2.30. The molecule has 10 heteroatoms. The summed E-state index contributed by atoms with van der Waals surface area (Å²) in [6, 6.07) is 7.15. The zero-order valence-corrected chi connectivity index (χ0v) is 18.4. The Hall–Kier alpha value is -4.78.